The molecule has 40 heavy (non-hydrogen) atoms. The highest BCUT2D eigenvalue weighted by atomic mass is 35.5. The topological polar surface area (TPSA) is 122 Å². The van der Waals surface area contributed by atoms with Gasteiger partial charge in [0.25, 0.3) is 5.56 Å². The van der Waals surface area contributed by atoms with Gasteiger partial charge in [0.1, 0.15) is 11.5 Å². The molecular formula is C28H21Cl2N9O. The molecule has 3 aliphatic rings. The van der Waals surface area contributed by atoms with Crippen molar-refractivity contribution in [3.63, 3.8) is 0 Å². The van der Waals surface area contributed by atoms with Crippen molar-refractivity contribution >= 4 is 51.2 Å². The van der Waals surface area contributed by atoms with Crippen molar-refractivity contribution in [2.24, 2.45) is 18.0 Å². The highest BCUT2D eigenvalue weighted by Crippen LogP contribution is 2.60. The summed E-state index contributed by atoms with van der Waals surface area (Å²) in [5.41, 5.74) is 13.1. The van der Waals surface area contributed by atoms with E-state index in [1.54, 1.807) is 21.5 Å². The number of anilines is 1. The average molecular weight is 570 g/mol. The number of pyridine rings is 1. The molecule has 0 bridgehead atoms. The summed E-state index contributed by atoms with van der Waals surface area (Å²) in [5.74, 6) is 1.12. The van der Waals surface area contributed by atoms with Crippen molar-refractivity contribution in [1.82, 2.24) is 34.6 Å². The zero-order chi connectivity index (χ0) is 27.3. The molecular weight excluding hydrogens is 549 g/mol. The van der Waals surface area contributed by atoms with Crippen molar-refractivity contribution in [2.75, 3.05) is 5.73 Å². The van der Waals surface area contributed by atoms with Crippen LogP contribution in [0.15, 0.2) is 69.8 Å². The molecule has 2 aromatic carbocycles. The van der Waals surface area contributed by atoms with Crippen LogP contribution in [-0.4, -0.2) is 40.3 Å². The summed E-state index contributed by atoms with van der Waals surface area (Å²) in [6.45, 7) is 0. The smallest absolute Gasteiger partial charge is 0.251 e. The molecule has 1 fully saturated rings. The first-order valence-corrected chi connectivity index (χ1v) is 13.6. The second kappa shape index (κ2) is 8.36. The zero-order valence-corrected chi connectivity index (χ0v) is 22.7. The van der Waals surface area contributed by atoms with Gasteiger partial charge in [0.05, 0.1) is 17.2 Å². The van der Waals surface area contributed by atoms with Gasteiger partial charge in [-0.2, -0.15) is 9.78 Å². The fourth-order valence-corrected chi connectivity index (χ4v) is 6.85. The van der Waals surface area contributed by atoms with E-state index in [4.69, 9.17) is 33.9 Å². The Labute approximate surface area is 237 Å². The highest BCUT2D eigenvalue weighted by Gasteiger charge is 2.55. The molecule has 5 aromatic rings. The number of aromatic nitrogens is 7. The highest BCUT2D eigenvalue weighted by molar-refractivity contribution is 6.35. The van der Waals surface area contributed by atoms with Crippen LogP contribution in [-0.2, 0) is 7.05 Å². The van der Waals surface area contributed by atoms with E-state index in [0.717, 1.165) is 56.7 Å². The number of benzene rings is 2. The van der Waals surface area contributed by atoms with Crippen LogP contribution in [0.4, 0.5) is 5.82 Å². The predicted molar refractivity (Wildman–Crippen MR) is 154 cm³/mol. The molecule has 3 aromatic heterocycles. The van der Waals surface area contributed by atoms with Crippen molar-refractivity contribution in [3.05, 3.63) is 86.6 Å². The monoisotopic (exact) mass is 569 g/mol. The van der Waals surface area contributed by atoms with Gasteiger partial charge in [-0.25, -0.2) is 4.99 Å². The molecule has 10 nitrogen and oxygen atoms in total. The number of rotatable bonds is 4. The largest absolute Gasteiger partial charge is 0.382 e. The summed E-state index contributed by atoms with van der Waals surface area (Å²) in [4.78, 5) is 18.5. The molecule has 0 saturated heterocycles. The van der Waals surface area contributed by atoms with Gasteiger partial charge in [0, 0.05) is 58.4 Å². The van der Waals surface area contributed by atoms with Gasteiger partial charge in [-0.15, -0.1) is 5.10 Å². The number of fused-ring (bicyclic) bond motifs is 4. The molecule has 3 unspecified atom stereocenters. The molecule has 1 saturated carbocycles. The molecule has 2 N–H and O–H groups in total. The number of aliphatic imine (C=N–C) groups is 1. The third-order valence-electron chi connectivity index (χ3n) is 8.29. The number of nitrogen functional groups attached to an aromatic ring is 1. The van der Waals surface area contributed by atoms with Gasteiger partial charge in [-0.1, -0.05) is 29.3 Å². The first kappa shape index (κ1) is 23.6. The number of aryl methyl sites for hydroxylation is 1. The molecule has 1 aliphatic carbocycles. The Balaban J connectivity index is 1.16. The van der Waals surface area contributed by atoms with E-state index in [1.807, 2.05) is 41.9 Å². The number of allylic oxidation sites excluding steroid dienone is 1. The first-order valence-electron chi connectivity index (χ1n) is 12.9. The van der Waals surface area contributed by atoms with Crippen molar-refractivity contribution in [1.29, 1.82) is 0 Å². The lowest BCUT2D eigenvalue weighted by molar-refractivity contribution is 0.584. The lowest BCUT2D eigenvalue weighted by Gasteiger charge is -2.20. The summed E-state index contributed by atoms with van der Waals surface area (Å²) in [6.07, 6.45) is 3.11. The van der Waals surface area contributed by atoms with Crippen LogP contribution in [0, 0.1) is 5.92 Å². The molecule has 198 valence electrons. The molecule has 0 spiro atoms. The molecule has 8 rings (SSSR count). The van der Waals surface area contributed by atoms with E-state index in [-0.39, 0.29) is 11.6 Å². The van der Waals surface area contributed by atoms with Gasteiger partial charge >= 0.3 is 0 Å². The van der Waals surface area contributed by atoms with Crippen LogP contribution in [0.25, 0.3) is 33.3 Å². The normalized spacial score (nSPS) is 21.2. The van der Waals surface area contributed by atoms with Gasteiger partial charge in [0.2, 0.25) is 0 Å². The second-order valence-corrected chi connectivity index (χ2v) is 11.3. The van der Waals surface area contributed by atoms with E-state index < -0.39 is 0 Å². The third kappa shape index (κ3) is 3.42. The van der Waals surface area contributed by atoms with Crippen LogP contribution >= 0.6 is 23.2 Å². The Hall–Kier alpha value is -4.28. The minimum absolute atomic E-state index is 0.0774. The molecule has 12 heteroatoms. The van der Waals surface area contributed by atoms with Crippen LogP contribution in [0.2, 0.25) is 5.02 Å². The van der Waals surface area contributed by atoms with E-state index in [9.17, 15) is 4.79 Å². The Bertz CT molecular complexity index is 2000. The number of nitrogens with two attached hydrogens (primary N) is 1. The zero-order valence-electron chi connectivity index (χ0n) is 21.2. The summed E-state index contributed by atoms with van der Waals surface area (Å²) in [5, 5.41) is 17.8. The van der Waals surface area contributed by atoms with Gasteiger partial charge < -0.3 is 10.3 Å². The Morgan fingerprint density at radius 2 is 1.93 bits per heavy atom. The quantitative estimate of drug-likeness (QED) is 0.312. The van der Waals surface area contributed by atoms with Crippen LogP contribution in [0.3, 0.4) is 0 Å². The Morgan fingerprint density at radius 3 is 2.75 bits per heavy atom. The summed E-state index contributed by atoms with van der Waals surface area (Å²) < 4.78 is 5.24. The molecule has 5 heterocycles. The third-order valence-corrected chi connectivity index (χ3v) is 8.83. The van der Waals surface area contributed by atoms with Gasteiger partial charge in [-0.05, 0) is 70.3 Å². The SMILES string of the molecule is Cn1nc(N)c2ccc(C3=C(Cl)N=C(C4C5CC5c5cc(-c6cc(Cl)ccc6-n6cnnn6)cc(=O)n54)C3)cc21. The lowest BCUT2D eigenvalue weighted by Crippen LogP contribution is -2.29. The number of hydrogen-bond donors (Lipinski definition) is 1. The lowest BCUT2D eigenvalue weighted by atomic mass is 9.97. The number of tetrazole rings is 1. The average Bonchev–Trinajstić information content (AvgIpc) is 3.26. The van der Waals surface area contributed by atoms with Gasteiger partial charge in [-0.3, -0.25) is 9.48 Å². The number of nitrogens with zero attached hydrogens (tertiary/aromatic N) is 8. The van der Waals surface area contributed by atoms with Crippen LogP contribution in [0.5, 0.6) is 0 Å². The second-order valence-electron chi connectivity index (χ2n) is 10.5. The molecule has 0 radical (unpaired) electrons. The molecule has 0 amide bonds. The summed E-state index contributed by atoms with van der Waals surface area (Å²) in [6, 6.07) is 15.1. The predicted octanol–water partition coefficient (Wildman–Crippen LogP) is 4.72. The van der Waals surface area contributed by atoms with Crippen molar-refractivity contribution in [2.45, 2.75) is 24.8 Å². The molecule has 2 aliphatic heterocycles. The van der Waals surface area contributed by atoms with Gasteiger partial charge in [0.15, 0.2) is 5.82 Å². The maximum absolute atomic E-state index is 13.7. The number of hydrogen-bond acceptors (Lipinski definition) is 7. The fraction of sp³-hybridized carbons (Fsp3) is 0.214. The van der Waals surface area contributed by atoms with Crippen LogP contribution < -0.4 is 11.3 Å². The maximum atomic E-state index is 13.7. The number of halogens is 2. The van der Waals surface area contributed by atoms with Crippen LogP contribution in [0.1, 0.15) is 36.1 Å². The minimum Gasteiger partial charge on any atom is -0.382 e. The van der Waals surface area contributed by atoms with Crippen molar-refractivity contribution in [3.8, 4) is 16.8 Å². The van der Waals surface area contributed by atoms with E-state index in [1.165, 1.54) is 6.33 Å². The Morgan fingerprint density at radius 1 is 1.05 bits per heavy atom. The van der Waals surface area contributed by atoms with E-state index >= 15 is 0 Å². The maximum Gasteiger partial charge on any atom is 0.251 e. The first-order chi connectivity index (χ1) is 19.4. The summed E-state index contributed by atoms with van der Waals surface area (Å²) in [7, 11) is 1.87. The fourth-order valence-electron chi connectivity index (χ4n) is 6.39. The molecule has 3 atom stereocenters. The van der Waals surface area contributed by atoms with E-state index in [2.05, 4.69) is 26.7 Å². The summed E-state index contributed by atoms with van der Waals surface area (Å²) >= 11 is 13.1. The van der Waals surface area contributed by atoms with Crippen molar-refractivity contribution < 1.29 is 0 Å². The van der Waals surface area contributed by atoms with E-state index in [0.29, 0.717) is 34.3 Å². The Kier molecular flexibility index (Phi) is 4.93. The minimum atomic E-state index is -0.123. The standard InChI is InChI=1S/C28H21Cl2N9O/c1-37-23-6-13(2-4-16(23)28(31)34-37)18-11-21(33-27(18)30)26-20-10-19(20)24-7-14(8-25(40)39(24)26)17-9-15(29)3-5-22(17)38-12-32-35-36-38/h2-9,12,19-20,26H,10-11H2,1H3,(H2,31,34).